The van der Waals surface area contributed by atoms with E-state index in [-0.39, 0.29) is 18.0 Å². The molecule has 1 aliphatic heterocycles. The van der Waals surface area contributed by atoms with Gasteiger partial charge in [-0.05, 0) is 12.5 Å². The van der Waals surface area contributed by atoms with Crippen LogP contribution in [0.15, 0.2) is 34.9 Å². The molecule has 128 valence electrons. The topological polar surface area (TPSA) is 89.3 Å². The van der Waals surface area contributed by atoms with Crippen molar-refractivity contribution >= 4 is 5.91 Å². The molecule has 0 radical (unpaired) electrons. The highest BCUT2D eigenvalue weighted by Crippen LogP contribution is 2.12. The third-order valence-electron chi connectivity index (χ3n) is 3.88. The summed E-state index contributed by atoms with van der Waals surface area (Å²) in [6.45, 7) is 3.88. The Morgan fingerprint density at radius 3 is 3.00 bits per heavy atom. The van der Waals surface area contributed by atoms with Gasteiger partial charge in [0.25, 0.3) is 0 Å². The largest absolute Gasteiger partial charge is 0.378 e. The number of ether oxygens (including phenoxy) is 1. The van der Waals surface area contributed by atoms with Gasteiger partial charge in [0.2, 0.25) is 11.8 Å². The van der Waals surface area contributed by atoms with Gasteiger partial charge in [-0.3, -0.25) is 4.79 Å². The molecule has 1 aromatic heterocycles. The third kappa shape index (κ3) is 4.62. The molecule has 1 saturated heterocycles. The highest BCUT2D eigenvalue weighted by molar-refractivity contribution is 5.76. The van der Waals surface area contributed by atoms with Crippen LogP contribution in [0.1, 0.15) is 36.7 Å². The van der Waals surface area contributed by atoms with E-state index in [1.807, 2.05) is 37.3 Å². The van der Waals surface area contributed by atoms with E-state index in [1.54, 1.807) is 0 Å². The molecule has 2 atom stereocenters. The Balaban J connectivity index is 1.51. The molecule has 1 amide bonds. The summed E-state index contributed by atoms with van der Waals surface area (Å²) < 4.78 is 10.6. The number of rotatable bonds is 6. The SMILES string of the molecule is CC(NC(=O)CC1COCCN1)c1noc(Cc2ccccc2)n1. The Hall–Kier alpha value is -2.25. The summed E-state index contributed by atoms with van der Waals surface area (Å²) in [6, 6.07) is 9.69. The van der Waals surface area contributed by atoms with Crippen molar-refractivity contribution in [2.75, 3.05) is 19.8 Å². The lowest BCUT2D eigenvalue weighted by molar-refractivity contribution is -0.123. The number of nitrogens with one attached hydrogen (secondary N) is 2. The molecule has 7 nitrogen and oxygen atoms in total. The zero-order valence-electron chi connectivity index (χ0n) is 13.7. The van der Waals surface area contributed by atoms with Crippen LogP contribution in [0.2, 0.25) is 0 Å². The molecule has 7 heteroatoms. The Morgan fingerprint density at radius 1 is 1.42 bits per heavy atom. The smallest absolute Gasteiger partial charge is 0.231 e. The Kier molecular flexibility index (Phi) is 5.55. The van der Waals surface area contributed by atoms with Crippen LogP contribution < -0.4 is 10.6 Å². The standard InChI is InChI=1S/C17H22N4O3/c1-12(19-15(22)10-14-11-23-8-7-18-14)17-20-16(24-21-17)9-13-5-3-2-4-6-13/h2-6,12,14,18H,7-11H2,1H3,(H,19,22). The molecule has 0 spiro atoms. The minimum absolute atomic E-state index is 0.0556. The van der Waals surface area contributed by atoms with Gasteiger partial charge in [0.05, 0.1) is 25.7 Å². The lowest BCUT2D eigenvalue weighted by atomic mass is 10.1. The number of morpholine rings is 1. The van der Waals surface area contributed by atoms with Crippen molar-refractivity contribution in [3.63, 3.8) is 0 Å². The molecule has 2 unspecified atom stereocenters. The second kappa shape index (κ2) is 8.03. The number of carbonyl (C=O) groups is 1. The van der Waals surface area contributed by atoms with E-state index in [1.165, 1.54) is 0 Å². The zero-order valence-corrected chi connectivity index (χ0v) is 13.7. The quantitative estimate of drug-likeness (QED) is 0.828. The van der Waals surface area contributed by atoms with Gasteiger partial charge in [0, 0.05) is 19.0 Å². The number of aromatic nitrogens is 2. The molecular weight excluding hydrogens is 308 g/mol. The predicted octanol–water partition coefficient (Wildman–Crippen LogP) is 1.22. The molecule has 1 aliphatic rings. The minimum Gasteiger partial charge on any atom is -0.378 e. The molecule has 0 aliphatic carbocycles. The van der Waals surface area contributed by atoms with Crippen LogP contribution in [0.25, 0.3) is 0 Å². The molecular formula is C17H22N4O3. The molecule has 1 aromatic carbocycles. The van der Waals surface area contributed by atoms with Crippen molar-refractivity contribution in [3.8, 4) is 0 Å². The van der Waals surface area contributed by atoms with Gasteiger partial charge in [0.15, 0.2) is 5.82 Å². The number of hydrogen-bond acceptors (Lipinski definition) is 6. The van der Waals surface area contributed by atoms with E-state index in [0.717, 1.165) is 12.1 Å². The van der Waals surface area contributed by atoms with E-state index in [0.29, 0.717) is 37.8 Å². The lowest BCUT2D eigenvalue weighted by Gasteiger charge is -2.23. The molecule has 2 heterocycles. The molecule has 0 saturated carbocycles. The maximum atomic E-state index is 12.1. The summed E-state index contributed by atoms with van der Waals surface area (Å²) in [6.07, 6.45) is 0.955. The first-order valence-corrected chi connectivity index (χ1v) is 8.17. The second-order valence-corrected chi connectivity index (χ2v) is 5.93. The van der Waals surface area contributed by atoms with Gasteiger partial charge in [-0.1, -0.05) is 35.5 Å². The monoisotopic (exact) mass is 330 g/mol. The first-order valence-electron chi connectivity index (χ1n) is 8.17. The summed E-state index contributed by atoms with van der Waals surface area (Å²) in [5.74, 6) is 0.974. The molecule has 2 N–H and O–H groups in total. The highest BCUT2D eigenvalue weighted by atomic mass is 16.5. The molecule has 1 fully saturated rings. The summed E-state index contributed by atoms with van der Waals surface area (Å²) in [5, 5.41) is 10.1. The first-order chi connectivity index (χ1) is 11.7. The van der Waals surface area contributed by atoms with E-state index < -0.39 is 0 Å². The summed E-state index contributed by atoms with van der Waals surface area (Å²) in [5.41, 5.74) is 1.10. The summed E-state index contributed by atoms with van der Waals surface area (Å²) >= 11 is 0. The van der Waals surface area contributed by atoms with Crippen LogP contribution in [0.4, 0.5) is 0 Å². The van der Waals surface area contributed by atoms with Gasteiger partial charge in [-0.15, -0.1) is 0 Å². The number of benzene rings is 1. The van der Waals surface area contributed by atoms with Gasteiger partial charge < -0.3 is 19.9 Å². The average Bonchev–Trinajstić information content (AvgIpc) is 3.05. The van der Waals surface area contributed by atoms with Crippen molar-refractivity contribution in [3.05, 3.63) is 47.6 Å². The van der Waals surface area contributed by atoms with Crippen LogP contribution in [0.5, 0.6) is 0 Å². The van der Waals surface area contributed by atoms with Crippen molar-refractivity contribution in [2.45, 2.75) is 31.8 Å². The van der Waals surface area contributed by atoms with Crippen molar-refractivity contribution in [1.29, 1.82) is 0 Å². The lowest BCUT2D eigenvalue weighted by Crippen LogP contribution is -2.44. The fourth-order valence-corrected chi connectivity index (χ4v) is 2.63. The fourth-order valence-electron chi connectivity index (χ4n) is 2.63. The summed E-state index contributed by atoms with van der Waals surface area (Å²) in [4.78, 5) is 16.5. The third-order valence-corrected chi connectivity index (χ3v) is 3.88. The Morgan fingerprint density at radius 2 is 2.25 bits per heavy atom. The van der Waals surface area contributed by atoms with Crippen LogP contribution >= 0.6 is 0 Å². The molecule has 2 aromatic rings. The van der Waals surface area contributed by atoms with E-state index in [9.17, 15) is 4.79 Å². The second-order valence-electron chi connectivity index (χ2n) is 5.93. The van der Waals surface area contributed by atoms with E-state index >= 15 is 0 Å². The minimum atomic E-state index is -0.296. The van der Waals surface area contributed by atoms with Crippen molar-refractivity contribution < 1.29 is 14.1 Å². The first kappa shape index (κ1) is 16.6. The number of nitrogens with zero attached hydrogens (tertiary/aromatic N) is 2. The maximum absolute atomic E-state index is 12.1. The average molecular weight is 330 g/mol. The number of carbonyl (C=O) groups excluding carboxylic acids is 1. The van der Waals surface area contributed by atoms with Crippen molar-refractivity contribution in [2.24, 2.45) is 0 Å². The number of hydrogen-bond donors (Lipinski definition) is 2. The van der Waals surface area contributed by atoms with Crippen LogP contribution in [0.3, 0.4) is 0 Å². The maximum Gasteiger partial charge on any atom is 0.231 e. The van der Waals surface area contributed by atoms with Crippen LogP contribution in [-0.2, 0) is 16.0 Å². The Bertz CT molecular complexity index is 653. The predicted molar refractivity (Wildman–Crippen MR) is 87.3 cm³/mol. The Labute approximate surface area is 140 Å². The van der Waals surface area contributed by atoms with E-state index in [2.05, 4.69) is 20.8 Å². The van der Waals surface area contributed by atoms with Crippen molar-refractivity contribution in [1.82, 2.24) is 20.8 Å². The van der Waals surface area contributed by atoms with Gasteiger partial charge in [-0.25, -0.2) is 0 Å². The van der Waals surface area contributed by atoms with Gasteiger partial charge >= 0.3 is 0 Å². The van der Waals surface area contributed by atoms with Crippen LogP contribution in [0, 0.1) is 0 Å². The van der Waals surface area contributed by atoms with Crippen LogP contribution in [-0.4, -0.2) is 41.8 Å². The van der Waals surface area contributed by atoms with Gasteiger partial charge in [-0.2, -0.15) is 4.98 Å². The number of amides is 1. The summed E-state index contributed by atoms with van der Waals surface area (Å²) in [7, 11) is 0. The molecule has 24 heavy (non-hydrogen) atoms. The van der Waals surface area contributed by atoms with E-state index in [4.69, 9.17) is 9.26 Å². The zero-order chi connectivity index (χ0) is 16.8. The fraction of sp³-hybridized carbons (Fsp3) is 0.471. The molecule has 3 rings (SSSR count). The normalized spacial score (nSPS) is 19.0. The van der Waals surface area contributed by atoms with Gasteiger partial charge in [0.1, 0.15) is 0 Å². The molecule has 0 bridgehead atoms. The highest BCUT2D eigenvalue weighted by Gasteiger charge is 2.20.